The van der Waals surface area contributed by atoms with Gasteiger partial charge in [0.1, 0.15) is 0 Å². The zero-order chi connectivity index (χ0) is 20.9. The van der Waals surface area contributed by atoms with Gasteiger partial charge >= 0.3 is 5.97 Å². The van der Waals surface area contributed by atoms with Crippen molar-refractivity contribution in [2.24, 2.45) is 0 Å². The van der Waals surface area contributed by atoms with Gasteiger partial charge in [0.2, 0.25) is 11.7 Å². The Morgan fingerprint density at radius 3 is 2.53 bits per heavy atom. The van der Waals surface area contributed by atoms with Crippen LogP contribution in [0, 0.1) is 0 Å². The summed E-state index contributed by atoms with van der Waals surface area (Å²) in [5, 5.41) is 2.88. The number of para-hydroxylation sites is 1. The standard InChI is InChI=1S/C22H19NO7/c24-16(14-7-8-18-19(11-14)28-10-4-9-27-18)12-30-22(26)20-17(25)13-29-21(20)23-15-5-2-1-3-6-15/h1-3,5-8,11,23H,4,9-10,12-13H2. The van der Waals surface area contributed by atoms with Crippen LogP contribution >= 0.6 is 0 Å². The van der Waals surface area contributed by atoms with Crippen molar-refractivity contribution in [1.29, 1.82) is 0 Å². The van der Waals surface area contributed by atoms with Crippen molar-refractivity contribution in [2.45, 2.75) is 6.42 Å². The zero-order valence-corrected chi connectivity index (χ0v) is 16.0. The summed E-state index contributed by atoms with van der Waals surface area (Å²) in [6.07, 6.45) is 0.750. The molecule has 0 radical (unpaired) electrons. The van der Waals surface area contributed by atoms with E-state index in [1.54, 1.807) is 42.5 Å². The first-order valence-electron chi connectivity index (χ1n) is 9.44. The van der Waals surface area contributed by atoms with E-state index < -0.39 is 24.1 Å². The van der Waals surface area contributed by atoms with Gasteiger partial charge in [0.05, 0.1) is 13.2 Å². The van der Waals surface area contributed by atoms with Crippen molar-refractivity contribution in [1.82, 2.24) is 0 Å². The number of hydrogen-bond acceptors (Lipinski definition) is 8. The van der Waals surface area contributed by atoms with E-state index >= 15 is 0 Å². The number of benzene rings is 2. The lowest BCUT2D eigenvalue weighted by Gasteiger charge is -2.10. The predicted octanol–water partition coefficient (Wildman–Crippen LogP) is 2.50. The highest BCUT2D eigenvalue weighted by atomic mass is 16.5. The van der Waals surface area contributed by atoms with Gasteiger partial charge in [0.25, 0.3) is 0 Å². The van der Waals surface area contributed by atoms with Crippen LogP contribution in [0.4, 0.5) is 5.69 Å². The topological polar surface area (TPSA) is 100 Å². The lowest BCUT2D eigenvalue weighted by molar-refractivity contribution is -0.139. The lowest BCUT2D eigenvalue weighted by atomic mass is 10.1. The molecule has 2 aliphatic rings. The Balaban J connectivity index is 1.43. The molecular weight excluding hydrogens is 390 g/mol. The quantitative estimate of drug-likeness (QED) is 0.441. The zero-order valence-electron chi connectivity index (χ0n) is 16.0. The third-order valence-electron chi connectivity index (χ3n) is 4.49. The SMILES string of the molecule is O=C1COC(Nc2ccccc2)=C1C(=O)OCC(=O)c1ccc2c(c1)OCCCO2. The average Bonchev–Trinajstić information content (AvgIpc) is 2.97. The minimum absolute atomic E-state index is 0.0132. The first kappa shape index (κ1) is 19.5. The molecule has 4 rings (SSSR count). The molecule has 0 saturated carbocycles. The van der Waals surface area contributed by atoms with Crippen LogP contribution < -0.4 is 14.8 Å². The normalized spacial score (nSPS) is 15.3. The minimum atomic E-state index is -0.918. The summed E-state index contributed by atoms with van der Waals surface area (Å²) >= 11 is 0. The van der Waals surface area contributed by atoms with Crippen molar-refractivity contribution in [2.75, 3.05) is 31.7 Å². The number of Topliss-reactive ketones (excluding diaryl/α,β-unsaturated/α-hetero) is 2. The molecule has 8 heteroatoms. The molecule has 154 valence electrons. The van der Waals surface area contributed by atoms with Gasteiger partial charge in [-0.1, -0.05) is 18.2 Å². The second-order valence-corrected chi connectivity index (χ2v) is 6.62. The van der Waals surface area contributed by atoms with Gasteiger partial charge in [0, 0.05) is 17.7 Å². The molecule has 1 N–H and O–H groups in total. The maximum Gasteiger partial charge on any atom is 0.347 e. The number of rotatable bonds is 6. The number of fused-ring (bicyclic) bond motifs is 1. The fourth-order valence-corrected chi connectivity index (χ4v) is 2.99. The smallest absolute Gasteiger partial charge is 0.347 e. The Bertz CT molecular complexity index is 1010. The van der Waals surface area contributed by atoms with E-state index in [4.69, 9.17) is 18.9 Å². The highest BCUT2D eigenvalue weighted by Crippen LogP contribution is 2.30. The van der Waals surface area contributed by atoms with Crippen LogP contribution in [-0.2, 0) is 19.1 Å². The van der Waals surface area contributed by atoms with Crippen LogP contribution in [0.5, 0.6) is 11.5 Å². The summed E-state index contributed by atoms with van der Waals surface area (Å²) in [7, 11) is 0. The molecule has 0 spiro atoms. The Hall–Kier alpha value is -3.81. The van der Waals surface area contributed by atoms with E-state index in [0.29, 0.717) is 36.0 Å². The van der Waals surface area contributed by atoms with Crippen LogP contribution in [0.3, 0.4) is 0 Å². The van der Waals surface area contributed by atoms with Gasteiger partial charge in [0.15, 0.2) is 36.1 Å². The maximum absolute atomic E-state index is 12.5. The number of carbonyl (C=O) groups is 3. The van der Waals surface area contributed by atoms with Gasteiger partial charge in [-0.2, -0.15) is 0 Å². The third-order valence-corrected chi connectivity index (χ3v) is 4.49. The van der Waals surface area contributed by atoms with Crippen molar-refractivity contribution in [3.05, 3.63) is 65.6 Å². The summed E-state index contributed by atoms with van der Waals surface area (Å²) in [6, 6.07) is 13.7. The molecule has 30 heavy (non-hydrogen) atoms. The van der Waals surface area contributed by atoms with E-state index in [2.05, 4.69) is 5.32 Å². The molecular formula is C22H19NO7. The van der Waals surface area contributed by atoms with Crippen LogP contribution in [-0.4, -0.2) is 44.0 Å². The molecule has 0 aliphatic carbocycles. The Labute approximate surface area is 172 Å². The van der Waals surface area contributed by atoms with E-state index in [-0.39, 0.29) is 18.1 Å². The molecule has 2 heterocycles. The lowest BCUT2D eigenvalue weighted by Crippen LogP contribution is -2.20. The number of esters is 1. The van der Waals surface area contributed by atoms with Gasteiger partial charge in [-0.3, -0.25) is 9.59 Å². The second kappa shape index (κ2) is 8.69. The monoisotopic (exact) mass is 409 g/mol. The summed E-state index contributed by atoms with van der Waals surface area (Å²) < 4.78 is 21.5. The van der Waals surface area contributed by atoms with Crippen LogP contribution in [0.1, 0.15) is 16.8 Å². The number of hydrogen-bond donors (Lipinski definition) is 1. The van der Waals surface area contributed by atoms with Crippen molar-refractivity contribution < 1.29 is 33.3 Å². The Kier molecular flexibility index (Phi) is 5.65. The van der Waals surface area contributed by atoms with Crippen LogP contribution in [0.15, 0.2) is 60.0 Å². The summed E-state index contributed by atoms with van der Waals surface area (Å²) in [5.41, 5.74) is 0.721. The summed E-state index contributed by atoms with van der Waals surface area (Å²) in [4.78, 5) is 37.0. The summed E-state index contributed by atoms with van der Waals surface area (Å²) in [5.74, 6) is -0.805. The van der Waals surface area contributed by atoms with Crippen molar-refractivity contribution in [3.63, 3.8) is 0 Å². The average molecular weight is 409 g/mol. The molecule has 0 aromatic heterocycles. The molecule has 0 atom stereocenters. The van der Waals surface area contributed by atoms with E-state index in [0.717, 1.165) is 6.42 Å². The van der Waals surface area contributed by atoms with E-state index in [9.17, 15) is 14.4 Å². The first-order chi connectivity index (χ1) is 14.6. The van der Waals surface area contributed by atoms with Crippen LogP contribution in [0.25, 0.3) is 0 Å². The molecule has 2 aromatic carbocycles. The fraction of sp³-hybridized carbons (Fsp3) is 0.227. The predicted molar refractivity (Wildman–Crippen MR) is 105 cm³/mol. The van der Waals surface area contributed by atoms with Gasteiger partial charge in [-0.15, -0.1) is 0 Å². The van der Waals surface area contributed by atoms with Crippen molar-refractivity contribution >= 4 is 23.2 Å². The maximum atomic E-state index is 12.5. The number of anilines is 1. The van der Waals surface area contributed by atoms with Crippen molar-refractivity contribution in [3.8, 4) is 11.5 Å². The minimum Gasteiger partial charge on any atom is -0.490 e. The second-order valence-electron chi connectivity index (χ2n) is 6.62. The number of nitrogens with one attached hydrogen (secondary N) is 1. The molecule has 0 unspecified atom stereocenters. The molecule has 8 nitrogen and oxygen atoms in total. The van der Waals surface area contributed by atoms with Crippen LogP contribution in [0.2, 0.25) is 0 Å². The molecule has 0 fully saturated rings. The Morgan fingerprint density at radius 2 is 1.73 bits per heavy atom. The molecule has 2 aromatic rings. The van der Waals surface area contributed by atoms with E-state index in [1.165, 1.54) is 0 Å². The van der Waals surface area contributed by atoms with Gasteiger partial charge < -0.3 is 24.3 Å². The highest BCUT2D eigenvalue weighted by Gasteiger charge is 2.33. The number of ether oxygens (including phenoxy) is 4. The summed E-state index contributed by atoms with van der Waals surface area (Å²) in [6.45, 7) is 0.249. The number of ketones is 2. The highest BCUT2D eigenvalue weighted by molar-refractivity contribution is 6.20. The fourth-order valence-electron chi connectivity index (χ4n) is 2.99. The molecule has 0 bridgehead atoms. The first-order valence-corrected chi connectivity index (χ1v) is 9.44. The largest absolute Gasteiger partial charge is 0.490 e. The van der Waals surface area contributed by atoms with Gasteiger partial charge in [-0.25, -0.2) is 4.79 Å². The number of carbonyl (C=O) groups excluding carboxylic acids is 3. The Morgan fingerprint density at radius 1 is 0.967 bits per heavy atom. The molecule has 0 amide bonds. The molecule has 2 aliphatic heterocycles. The van der Waals surface area contributed by atoms with Gasteiger partial charge in [-0.05, 0) is 30.3 Å². The molecule has 0 saturated heterocycles. The van der Waals surface area contributed by atoms with E-state index in [1.807, 2.05) is 6.07 Å². The third kappa shape index (κ3) is 4.27.